The van der Waals surface area contributed by atoms with Crippen molar-refractivity contribution in [1.82, 2.24) is 0 Å². The number of hydrogen-bond acceptors (Lipinski definition) is 1. The fourth-order valence-electron chi connectivity index (χ4n) is 0. The summed E-state index contributed by atoms with van der Waals surface area (Å²) in [7, 11) is 0. The summed E-state index contributed by atoms with van der Waals surface area (Å²) in [4.78, 5) is -0.426. The molecule has 0 aromatic rings. The summed E-state index contributed by atoms with van der Waals surface area (Å²) in [5.41, 5.74) is 5.17. The summed E-state index contributed by atoms with van der Waals surface area (Å²) in [6.07, 6.45) is 0. The average Bonchev–Trinajstić information content (AvgIpc) is 1.36. The molecule has 0 aromatic carbocycles. The van der Waals surface area contributed by atoms with Gasteiger partial charge in [-0.2, -0.15) is 0 Å². The lowest BCUT2D eigenvalue weighted by molar-refractivity contribution is 0.805. The van der Waals surface area contributed by atoms with Crippen LogP contribution >= 0.6 is 23.2 Å². The van der Waals surface area contributed by atoms with Crippen LogP contribution in [0.4, 0.5) is 0 Å². The first-order valence-electron chi connectivity index (χ1n) is 1.68. The first kappa shape index (κ1) is 6.54. The van der Waals surface area contributed by atoms with Crippen LogP contribution in [-0.4, -0.2) is 10.9 Å². The van der Waals surface area contributed by atoms with E-state index in [1.54, 1.807) is 6.92 Å². The maximum absolute atomic E-state index is 5.25. The maximum Gasteiger partial charge on any atom is 0.122 e. The zero-order chi connectivity index (χ0) is 5.15. The summed E-state index contributed by atoms with van der Waals surface area (Å²) in [6, 6.07) is -0.117. The number of hydrogen-bond donors (Lipinski definition) is 1. The molecule has 0 rings (SSSR count). The lowest BCUT2D eigenvalue weighted by Crippen LogP contribution is -2.22. The van der Waals surface area contributed by atoms with E-state index < -0.39 is 4.84 Å². The molecule has 0 heterocycles. The van der Waals surface area contributed by atoms with Crippen LogP contribution in [0.2, 0.25) is 0 Å². The molecule has 0 aliphatic heterocycles. The van der Waals surface area contributed by atoms with E-state index >= 15 is 0 Å². The van der Waals surface area contributed by atoms with E-state index in [1.165, 1.54) is 0 Å². The summed E-state index contributed by atoms with van der Waals surface area (Å²) >= 11 is 10.5. The van der Waals surface area contributed by atoms with Crippen LogP contribution in [0.1, 0.15) is 6.92 Å². The van der Waals surface area contributed by atoms with Crippen molar-refractivity contribution >= 4 is 23.2 Å². The van der Waals surface area contributed by atoms with Crippen molar-refractivity contribution in [3.05, 3.63) is 0 Å². The molecule has 0 aromatic heterocycles. The van der Waals surface area contributed by atoms with Crippen molar-refractivity contribution < 1.29 is 0 Å². The Morgan fingerprint density at radius 1 is 1.50 bits per heavy atom. The summed E-state index contributed by atoms with van der Waals surface area (Å²) in [5, 5.41) is 0. The molecule has 0 radical (unpaired) electrons. The van der Waals surface area contributed by atoms with Gasteiger partial charge in [0.2, 0.25) is 0 Å². The van der Waals surface area contributed by atoms with Gasteiger partial charge in [0.1, 0.15) is 4.84 Å². The zero-order valence-corrected chi connectivity index (χ0v) is 5.00. The predicted octanol–water partition coefficient (Wildman–Crippen LogP) is 1.14. The van der Waals surface area contributed by atoms with Crippen LogP contribution in [0.3, 0.4) is 0 Å². The molecule has 0 aliphatic rings. The van der Waals surface area contributed by atoms with Gasteiger partial charge in [0.25, 0.3) is 0 Å². The van der Waals surface area contributed by atoms with E-state index in [0.29, 0.717) is 0 Å². The van der Waals surface area contributed by atoms with Gasteiger partial charge in [0, 0.05) is 6.04 Å². The molecule has 0 fully saturated rings. The highest BCUT2D eigenvalue weighted by Gasteiger charge is 2.01. The molecule has 2 N–H and O–H groups in total. The Labute approximate surface area is 47.4 Å². The molecule has 38 valence electrons. The van der Waals surface area contributed by atoms with Gasteiger partial charge in [-0.3, -0.25) is 0 Å². The number of rotatable bonds is 1. The largest absolute Gasteiger partial charge is 0.326 e. The Balaban J connectivity index is 2.99. The first-order chi connectivity index (χ1) is 2.64. The topological polar surface area (TPSA) is 26.0 Å². The third kappa shape index (κ3) is 2.76. The van der Waals surface area contributed by atoms with Gasteiger partial charge in [0.05, 0.1) is 0 Å². The van der Waals surface area contributed by atoms with E-state index in [0.717, 1.165) is 0 Å². The third-order valence-corrected chi connectivity index (χ3v) is 1.19. The molecule has 0 spiro atoms. The number of halogens is 2. The van der Waals surface area contributed by atoms with Gasteiger partial charge in [-0.1, -0.05) is 0 Å². The van der Waals surface area contributed by atoms with Gasteiger partial charge in [0.15, 0.2) is 0 Å². The minimum Gasteiger partial charge on any atom is -0.326 e. The highest BCUT2D eigenvalue weighted by atomic mass is 35.5. The Morgan fingerprint density at radius 3 is 1.67 bits per heavy atom. The second kappa shape index (κ2) is 2.67. The minimum atomic E-state index is -0.426. The number of alkyl halides is 2. The van der Waals surface area contributed by atoms with Crippen LogP contribution in [0, 0.1) is 0 Å². The molecule has 6 heavy (non-hydrogen) atoms. The van der Waals surface area contributed by atoms with E-state index in [9.17, 15) is 0 Å². The van der Waals surface area contributed by atoms with Crippen molar-refractivity contribution in [2.45, 2.75) is 17.8 Å². The van der Waals surface area contributed by atoms with Crippen LogP contribution in [-0.2, 0) is 0 Å². The second-order valence-corrected chi connectivity index (χ2v) is 2.36. The highest BCUT2D eigenvalue weighted by molar-refractivity contribution is 6.44. The second-order valence-electron chi connectivity index (χ2n) is 1.19. The maximum atomic E-state index is 5.25. The van der Waals surface area contributed by atoms with Gasteiger partial charge < -0.3 is 5.73 Å². The molecule has 0 saturated heterocycles. The highest BCUT2D eigenvalue weighted by Crippen LogP contribution is 2.03. The van der Waals surface area contributed by atoms with Crippen molar-refractivity contribution in [2.75, 3.05) is 0 Å². The molecule has 0 bridgehead atoms. The summed E-state index contributed by atoms with van der Waals surface area (Å²) < 4.78 is 0. The molecule has 1 unspecified atom stereocenters. The van der Waals surface area contributed by atoms with Gasteiger partial charge >= 0.3 is 0 Å². The summed E-state index contributed by atoms with van der Waals surface area (Å²) in [5.74, 6) is 0. The Hall–Kier alpha value is 0.540. The van der Waals surface area contributed by atoms with Crippen molar-refractivity contribution in [3.8, 4) is 0 Å². The van der Waals surface area contributed by atoms with Gasteiger partial charge in [-0.25, -0.2) is 0 Å². The quantitative estimate of drug-likeness (QED) is 0.526. The lowest BCUT2D eigenvalue weighted by atomic mass is 10.4. The van der Waals surface area contributed by atoms with E-state index in [4.69, 9.17) is 28.9 Å². The minimum absolute atomic E-state index is 0.117. The van der Waals surface area contributed by atoms with Crippen molar-refractivity contribution in [1.29, 1.82) is 0 Å². The first-order valence-corrected chi connectivity index (χ1v) is 2.55. The standard InChI is InChI=1S/C3H7Cl2N/c1-2(6)3(4)5/h2-3H,6H2,1H3. The van der Waals surface area contributed by atoms with Crippen LogP contribution in [0.5, 0.6) is 0 Å². The molecule has 0 saturated carbocycles. The summed E-state index contributed by atoms with van der Waals surface area (Å²) in [6.45, 7) is 1.75. The third-order valence-electron chi connectivity index (χ3n) is 0.397. The normalized spacial score (nSPS) is 15.5. The van der Waals surface area contributed by atoms with Crippen LogP contribution < -0.4 is 5.73 Å². The van der Waals surface area contributed by atoms with E-state index in [1.807, 2.05) is 0 Å². The fourth-order valence-corrected chi connectivity index (χ4v) is 0. The lowest BCUT2D eigenvalue weighted by Gasteiger charge is -2.00. The molecular formula is C3H7Cl2N. The fraction of sp³-hybridized carbons (Fsp3) is 1.00. The molecule has 0 amide bonds. The van der Waals surface area contributed by atoms with Crippen LogP contribution in [0.25, 0.3) is 0 Å². The Bertz CT molecular complexity index is 29.8. The van der Waals surface area contributed by atoms with E-state index in [-0.39, 0.29) is 6.04 Å². The SMILES string of the molecule is CC(N)C(Cl)Cl. The van der Waals surface area contributed by atoms with Gasteiger partial charge in [-0.05, 0) is 6.92 Å². The molecule has 1 nitrogen and oxygen atoms in total. The molecule has 0 aliphatic carbocycles. The Morgan fingerprint density at radius 2 is 1.67 bits per heavy atom. The smallest absolute Gasteiger partial charge is 0.122 e. The monoisotopic (exact) mass is 127 g/mol. The number of nitrogens with two attached hydrogens (primary N) is 1. The van der Waals surface area contributed by atoms with Gasteiger partial charge in [-0.15, -0.1) is 23.2 Å². The van der Waals surface area contributed by atoms with Crippen molar-refractivity contribution in [3.63, 3.8) is 0 Å². The zero-order valence-electron chi connectivity index (χ0n) is 3.49. The van der Waals surface area contributed by atoms with E-state index in [2.05, 4.69) is 0 Å². The molecule has 1 atom stereocenters. The van der Waals surface area contributed by atoms with Crippen molar-refractivity contribution in [2.24, 2.45) is 5.73 Å². The Kier molecular flexibility index (Phi) is 2.91. The van der Waals surface area contributed by atoms with Crippen LogP contribution in [0.15, 0.2) is 0 Å². The predicted molar refractivity (Wildman–Crippen MR) is 29.1 cm³/mol. The average molecular weight is 128 g/mol. The molecular weight excluding hydrogens is 121 g/mol. The molecule has 3 heteroatoms.